The summed E-state index contributed by atoms with van der Waals surface area (Å²) in [4.78, 5) is 58.8. The van der Waals surface area contributed by atoms with Gasteiger partial charge in [0.15, 0.2) is 0 Å². The summed E-state index contributed by atoms with van der Waals surface area (Å²) in [6.07, 6.45) is 5.97. The van der Waals surface area contributed by atoms with Crippen LogP contribution in [0, 0.1) is 11.8 Å². The third kappa shape index (κ3) is 7.84. The zero-order valence-corrected chi connectivity index (χ0v) is 29.5. The molecule has 3 saturated heterocycles. The number of carbonyl (C=O) groups excluding carboxylic acids is 4. The van der Waals surface area contributed by atoms with Crippen molar-refractivity contribution in [2.45, 2.75) is 99.9 Å². The third-order valence-corrected chi connectivity index (χ3v) is 10.3. The largest absolute Gasteiger partial charge is 0.455 e. The lowest BCUT2D eigenvalue weighted by Crippen LogP contribution is -2.60. The van der Waals surface area contributed by atoms with Crippen LogP contribution in [-0.2, 0) is 28.7 Å². The van der Waals surface area contributed by atoms with Gasteiger partial charge in [-0.25, -0.2) is 0 Å². The summed E-state index contributed by atoms with van der Waals surface area (Å²) in [5.74, 6) is -3.14. The molecule has 1 aromatic rings. The van der Waals surface area contributed by atoms with Gasteiger partial charge in [-0.15, -0.1) is 13.2 Å². The Morgan fingerprint density at radius 3 is 2.51 bits per heavy atom. The predicted molar refractivity (Wildman–Crippen MR) is 182 cm³/mol. The summed E-state index contributed by atoms with van der Waals surface area (Å²) in [5, 5.41) is 12.1. The predicted octanol–water partition coefficient (Wildman–Crippen LogP) is 4.47. The van der Waals surface area contributed by atoms with E-state index in [1.54, 1.807) is 22.0 Å². The van der Waals surface area contributed by atoms with Gasteiger partial charge in [0.2, 0.25) is 17.7 Å². The van der Waals surface area contributed by atoms with E-state index >= 15 is 0 Å². The normalized spacial score (nSPS) is 26.9. The Hall–Kier alpha value is -3.02. The third-order valence-electron chi connectivity index (χ3n) is 9.48. The number of allylic oxidation sites excluding steroid dienone is 1. The molecule has 0 aliphatic carbocycles. The van der Waals surface area contributed by atoms with Gasteiger partial charge >= 0.3 is 5.97 Å². The first-order valence-electron chi connectivity index (χ1n) is 16.7. The molecule has 1 spiro atoms. The van der Waals surface area contributed by atoms with Crippen LogP contribution in [-0.4, -0.2) is 93.0 Å². The van der Waals surface area contributed by atoms with Crippen LogP contribution in [0.3, 0.4) is 0 Å². The zero-order chi connectivity index (χ0) is 34.4. The number of ether oxygens (including phenoxy) is 2. The first-order chi connectivity index (χ1) is 22.4. The first kappa shape index (κ1) is 36.8. The van der Waals surface area contributed by atoms with Crippen molar-refractivity contribution in [2.75, 3.05) is 26.2 Å². The number of likely N-dealkylation sites (tertiary alicyclic amines) is 1. The minimum atomic E-state index is -1.21. The van der Waals surface area contributed by atoms with Crippen LogP contribution in [0.1, 0.15) is 77.4 Å². The van der Waals surface area contributed by atoms with Crippen LogP contribution >= 0.6 is 15.9 Å². The van der Waals surface area contributed by atoms with Gasteiger partial charge in [-0.1, -0.05) is 71.3 Å². The number of carbonyl (C=O) groups is 4. The van der Waals surface area contributed by atoms with E-state index in [9.17, 15) is 24.3 Å². The van der Waals surface area contributed by atoms with E-state index < -0.39 is 47.2 Å². The Balaban J connectivity index is 1.66. The van der Waals surface area contributed by atoms with Gasteiger partial charge in [0.25, 0.3) is 0 Å². The molecule has 3 amide bonds. The fraction of sp³-hybridized carbons (Fsp3) is 0.611. The molecule has 1 aromatic carbocycles. The number of benzene rings is 1. The van der Waals surface area contributed by atoms with Crippen molar-refractivity contribution in [3.05, 3.63) is 61.2 Å². The molecule has 3 aliphatic rings. The summed E-state index contributed by atoms with van der Waals surface area (Å²) in [5.41, 5.74) is -1.06. The molecule has 7 atom stereocenters. The number of esters is 1. The number of nitrogens with one attached hydrogen (secondary N) is 1. The van der Waals surface area contributed by atoms with Crippen molar-refractivity contribution in [3.63, 3.8) is 0 Å². The van der Waals surface area contributed by atoms with Gasteiger partial charge in [0.05, 0.1) is 24.5 Å². The Labute approximate surface area is 287 Å². The fourth-order valence-electron chi connectivity index (χ4n) is 7.28. The second-order valence-corrected chi connectivity index (χ2v) is 14.9. The molecule has 3 heterocycles. The maximum atomic E-state index is 14.6. The van der Waals surface area contributed by atoms with Crippen molar-refractivity contribution in [2.24, 2.45) is 11.8 Å². The quantitative estimate of drug-likeness (QED) is 0.106. The standard InChI is InChI=1S/C36H50BrN3O7/c1-6-8-18-27(42)38-23-26(24-16-12-11-13-17-24)46-34(45)28-29-32(43)39(20-14-9-10-15-21-41)31(36(29)22-25(37)30(28)47-36)33(44)40(19-7-2)35(3,4)5/h6-7,11-13,16-17,25-26,28-31,41H,1-2,8-10,14-15,18-23H2,3-5H3,(H,38,42)/t25?,26-,28-,29+,30-,31-,36+/m1/s1. The number of amides is 3. The minimum absolute atomic E-state index is 0.0641. The van der Waals surface area contributed by atoms with Gasteiger partial charge in [-0.05, 0) is 52.0 Å². The number of nitrogens with zero attached hydrogens (tertiary/aromatic N) is 2. The molecule has 3 fully saturated rings. The van der Waals surface area contributed by atoms with Crippen LogP contribution < -0.4 is 5.32 Å². The van der Waals surface area contributed by atoms with E-state index in [1.807, 2.05) is 51.1 Å². The van der Waals surface area contributed by atoms with Crippen LogP contribution in [0.25, 0.3) is 0 Å². The summed E-state index contributed by atoms with van der Waals surface area (Å²) < 4.78 is 12.8. The summed E-state index contributed by atoms with van der Waals surface area (Å²) in [6.45, 7) is 14.1. The molecule has 11 heteroatoms. The van der Waals surface area contributed by atoms with Gasteiger partial charge in [-0.2, -0.15) is 0 Å². The lowest BCUT2D eigenvalue weighted by Gasteiger charge is -2.42. The lowest BCUT2D eigenvalue weighted by atomic mass is 9.70. The van der Waals surface area contributed by atoms with Crippen LogP contribution in [0.15, 0.2) is 55.6 Å². The summed E-state index contributed by atoms with van der Waals surface area (Å²) >= 11 is 3.73. The van der Waals surface area contributed by atoms with Crippen LogP contribution in [0.5, 0.6) is 0 Å². The second-order valence-electron chi connectivity index (χ2n) is 13.7. The molecule has 2 N–H and O–H groups in total. The van der Waals surface area contributed by atoms with Crippen LogP contribution in [0.4, 0.5) is 0 Å². The Kier molecular flexibility index (Phi) is 12.5. The molecule has 1 unspecified atom stereocenters. The van der Waals surface area contributed by atoms with Crippen molar-refractivity contribution >= 4 is 39.6 Å². The Bertz CT molecular complexity index is 1300. The van der Waals surface area contributed by atoms with Crippen molar-refractivity contribution < 1.29 is 33.8 Å². The highest BCUT2D eigenvalue weighted by Gasteiger charge is 2.77. The first-order valence-corrected chi connectivity index (χ1v) is 17.6. The van der Waals surface area contributed by atoms with E-state index in [1.165, 1.54) is 0 Å². The minimum Gasteiger partial charge on any atom is -0.455 e. The molecule has 2 bridgehead atoms. The highest BCUT2D eigenvalue weighted by atomic mass is 79.9. The zero-order valence-electron chi connectivity index (χ0n) is 27.9. The highest BCUT2D eigenvalue weighted by molar-refractivity contribution is 9.09. The van der Waals surface area contributed by atoms with E-state index in [-0.39, 0.29) is 42.1 Å². The van der Waals surface area contributed by atoms with Crippen molar-refractivity contribution in [3.8, 4) is 0 Å². The molecule has 3 aliphatic heterocycles. The maximum absolute atomic E-state index is 14.6. The molecule has 0 radical (unpaired) electrons. The average molecular weight is 717 g/mol. The van der Waals surface area contributed by atoms with E-state index in [0.29, 0.717) is 44.3 Å². The number of aliphatic hydroxyl groups excluding tert-OH is 1. The second kappa shape index (κ2) is 15.9. The lowest BCUT2D eigenvalue weighted by molar-refractivity contribution is -0.160. The number of unbranched alkanes of at least 4 members (excludes halogenated alkanes) is 3. The molecular formula is C36H50BrN3O7. The number of alkyl halides is 1. The molecule has 47 heavy (non-hydrogen) atoms. The van der Waals surface area contributed by atoms with Gasteiger partial charge in [-0.3, -0.25) is 19.2 Å². The summed E-state index contributed by atoms with van der Waals surface area (Å²) in [6, 6.07) is 8.25. The van der Waals surface area contributed by atoms with Crippen molar-refractivity contribution in [1.82, 2.24) is 15.1 Å². The Morgan fingerprint density at radius 1 is 1.17 bits per heavy atom. The number of hydrogen-bond donors (Lipinski definition) is 2. The number of fused-ring (bicyclic) bond motifs is 1. The number of hydrogen-bond acceptors (Lipinski definition) is 7. The van der Waals surface area contributed by atoms with E-state index in [0.717, 1.165) is 12.8 Å². The molecule has 258 valence electrons. The van der Waals surface area contributed by atoms with Gasteiger partial charge in [0.1, 0.15) is 17.7 Å². The highest BCUT2D eigenvalue weighted by Crippen LogP contribution is 2.60. The van der Waals surface area contributed by atoms with Gasteiger partial charge in [0, 0.05) is 36.5 Å². The summed E-state index contributed by atoms with van der Waals surface area (Å²) in [7, 11) is 0. The van der Waals surface area contributed by atoms with E-state index in [4.69, 9.17) is 9.47 Å². The number of rotatable bonds is 17. The number of aliphatic hydroxyl groups is 1. The molecule has 4 rings (SSSR count). The SMILES string of the molecule is C=CCCC(=O)NC[C@@H](OC(=O)[C@H]1[C@@H]2O[C@@]3(CC2Br)[C@@H]1C(=O)N(CCCCCCO)[C@@H]3C(=O)N(CC=C)C(C)(C)C)c1ccccc1. The number of halogens is 1. The smallest absolute Gasteiger partial charge is 0.313 e. The fourth-order valence-corrected chi connectivity index (χ4v) is 8.22. The van der Waals surface area contributed by atoms with Gasteiger partial charge < -0.3 is 29.7 Å². The molecule has 0 saturated carbocycles. The topological polar surface area (TPSA) is 125 Å². The Morgan fingerprint density at radius 2 is 1.87 bits per heavy atom. The van der Waals surface area contributed by atoms with E-state index in [2.05, 4.69) is 34.4 Å². The average Bonchev–Trinajstić information content (AvgIpc) is 3.63. The van der Waals surface area contributed by atoms with Crippen molar-refractivity contribution in [1.29, 1.82) is 0 Å². The maximum Gasteiger partial charge on any atom is 0.313 e. The molecular weight excluding hydrogens is 666 g/mol. The molecule has 0 aromatic heterocycles. The monoisotopic (exact) mass is 715 g/mol. The van der Waals surface area contributed by atoms with Crippen LogP contribution in [0.2, 0.25) is 0 Å². The molecule has 10 nitrogen and oxygen atoms in total.